The molecular formula is C19H29ClN2O2. The zero-order valence-corrected chi connectivity index (χ0v) is 16.1. The van der Waals surface area contributed by atoms with E-state index in [1.807, 2.05) is 19.1 Å². The van der Waals surface area contributed by atoms with E-state index in [2.05, 4.69) is 38.0 Å². The molecule has 0 radical (unpaired) electrons. The molecule has 1 unspecified atom stereocenters. The average Bonchev–Trinajstić information content (AvgIpc) is 3.37. The maximum Gasteiger partial charge on any atom is 0.257 e. The van der Waals surface area contributed by atoms with Crippen molar-refractivity contribution in [1.29, 1.82) is 0 Å². The molecule has 2 rings (SSSR count). The normalized spacial score (nSPS) is 15.7. The monoisotopic (exact) mass is 352 g/mol. The first-order valence-corrected chi connectivity index (χ1v) is 9.08. The Morgan fingerprint density at radius 1 is 1.38 bits per heavy atom. The molecule has 1 aromatic carbocycles. The van der Waals surface area contributed by atoms with Crippen LogP contribution in [-0.2, 0) is 4.79 Å². The Morgan fingerprint density at radius 3 is 2.62 bits per heavy atom. The fourth-order valence-corrected chi connectivity index (χ4v) is 2.86. The highest BCUT2D eigenvalue weighted by atomic mass is 35.5. The van der Waals surface area contributed by atoms with Crippen molar-refractivity contribution in [2.24, 2.45) is 0 Å². The van der Waals surface area contributed by atoms with Crippen molar-refractivity contribution < 1.29 is 9.53 Å². The molecule has 0 heterocycles. The number of rotatable bonds is 8. The van der Waals surface area contributed by atoms with Crippen LogP contribution in [0.15, 0.2) is 12.1 Å². The smallest absolute Gasteiger partial charge is 0.257 e. The van der Waals surface area contributed by atoms with E-state index >= 15 is 0 Å². The number of hydrogen-bond acceptors (Lipinski definition) is 3. The standard InChI is InChI=1S/C19H29ClN2O2/c1-12(2)16-9-17(20)13(3)8-18(16)24-11-19(23)21-10-14(4)22(5)15-6-7-15/h8-9,12,14-15H,6-7,10-11H2,1-5H3,(H,21,23). The van der Waals surface area contributed by atoms with Gasteiger partial charge in [0.2, 0.25) is 0 Å². The molecule has 1 fully saturated rings. The van der Waals surface area contributed by atoms with Gasteiger partial charge in [-0.05, 0) is 62.9 Å². The first kappa shape index (κ1) is 19.1. The maximum atomic E-state index is 12.1. The predicted molar refractivity (Wildman–Crippen MR) is 99.0 cm³/mol. The van der Waals surface area contributed by atoms with Gasteiger partial charge in [0.25, 0.3) is 5.91 Å². The molecule has 1 amide bonds. The Kier molecular flexibility index (Phi) is 6.53. The summed E-state index contributed by atoms with van der Waals surface area (Å²) in [5.41, 5.74) is 1.98. The number of ether oxygens (including phenoxy) is 1. The lowest BCUT2D eigenvalue weighted by Gasteiger charge is -2.24. The molecule has 0 bridgehead atoms. The maximum absolute atomic E-state index is 12.1. The van der Waals surface area contributed by atoms with E-state index in [-0.39, 0.29) is 18.4 Å². The minimum Gasteiger partial charge on any atom is -0.483 e. The molecule has 1 aromatic rings. The molecule has 1 aliphatic rings. The number of nitrogens with zero attached hydrogens (tertiary/aromatic N) is 1. The van der Waals surface area contributed by atoms with Crippen molar-refractivity contribution in [3.05, 3.63) is 28.3 Å². The number of hydrogen-bond donors (Lipinski definition) is 1. The molecule has 134 valence electrons. The summed E-state index contributed by atoms with van der Waals surface area (Å²) >= 11 is 6.20. The fourth-order valence-electron chi connectivity index (χ4n) is 2.69. The van der Waals surface area contributed by atoms with Crippen LogP contribution in [-0.4, -0.2) is 43.1 Å². The lowest BCUT2D eigenvalue weighted by molar-refractivity contribution is -0.123. The number of likely N-dealkylation sites (N-methyl/N-ethyl adjacent to an activating group) is 1. The molecule has 1 aliphatic carbocycles. The number of aryl methyl sites for hydroxylation is 1. The number of amides is 1. The first-order valence-electron chi connectivity index (χ1n) is 8.71. The zero-order chi connectivity index (χ0) is 17.9. The molecule has 1 N–H and O–H groups in total. The van der Waals surface area contributed by atoms with Gasteiger partial charge >= 0.3 is 0 Å². The number of carbonyl (C=O) groups is 1. The largest absolute Gasteiger partial charge is 0.483 e. The Bertz CT molecular complexity index is 585. The summed E-state index contributed by atoms with van der Waals surface area (Å²) in [6, 6.07) is 4.87. The van der Waals surface area contributed by atoms with E-state index in [0.29, 0.717) is 18.6 Å². The molecule has 24 heavy (non-hydrogen) atoms. The second kappa shape index (κ2) is 8.21. The van der Waals surface area contributed by atoms with Crippen LogP contribution in [0.1, 0.15) is 50.7 Å². The van der Waals surface area contributed by atoms with Crippen molar-refractivity contribution in [3.63, 3.8) is 0 Å². The van der Waals surface area contributed by atoms with Gasteiger partial charge in [-0.15, -0.1) is 0 Å². The highest BCUT2D eigenvalue weighted by Crippen LogP contribution is 2.32. The van der Waals surface area contributed by atoms with Crippen LogP contribution >= 0.6 is 11.6 Å². The minimum absolute atomic E-state index is 0.0284. The molecule has 0 saturated heterocycles. The molecular weight excluding hydrogens is 324 g/mol. The predicted octanol–water partition coefficient (Wildman–Crippen LogP) is 3.75. The highest BCUT2D eigenvalue weighted by Gasteiger charge is 2.29. The second-order valence-electron chi connectivity index (χ2n) is 7.13. The van der Waals surface area contributed by atoms with Crippen LogP contribution in [0.25, 0.3) is 0 Å². The second-order valence-corrected chi connectivity index (χ2v) is 7.54. The van der Waals surface area contributed by atoms with Crippen LogP contribution in [0.4, 0.5) is 0 Å². The minimum atomic E-state index is -0.0895. The molecule has 4 nitrogen and oxygen atoms in total. The van der Waals surface area contributed by atoms with Gasteiger partial charge in [0.15, 0.2) is 6.61 Å². The summed E-state index contributed by atoms with van der Waals surface area (Å²) in [7, 11) is 2.12. The Labute approximate surface area is 150 Å². The van der Waals surface area contributed by atoms with Gasteiger partial charge in [0.1, 0.15) is 5.75 Å². The number of benzene rings is 1. The van der Waals surface area contributed by atoms with E-state index in [1.54, 1.807) is 0 Å². The van der Waals surface area contributed by atoms with Crippen molar-refractivity contribution >= 4 is 17.5 Å². The van der Waals surface area contributed by atoms with Gasteiger partial charge in [-0.3, -0.25) is 9.69 Å². The topological polar surface area (TPSA) is 41.6 Å². The van der Waals surface area contributed by atoms with Gasteiger partial charge in [0.05, 0.1) is 0 Å². The third kappa shape index (κ3) is 5.12. The summed E-state index contributed by atoms with van der Waals surface area (Å²) < 4.78 is 5.76. The van der Waals surface area contributed by atoms with E-state index < -0.39 is 0 Å². The first-order chi connectivity index (χ1) is 11.3. The van der Waals surface area contributed by atoms with Crippen molar-refractivity contribution in [1.82, 2.24) is 10.2 Å². The molecule has 0 spiro atoms. The van der Waals surface area contributed by atoms with Crippen molar-refractivity contribution in [2.45, 2.75) is 58.5 Å². The Morgan fingerprint density at radius 2 is 2.04 bits per heavy atom. The molecule has 1 atom stereocenters. The molecule has 5 heteroatoms. The Balaban J connectivity index is 1.86. The summed E-state index contributed by atoms with van der Waals surface area (Å²) in [6.45, 7) is 8.92. The summed E-state index contributed by atoms with van der Waals surface area (Å²) in [4.78, 5) is 14.4. The van der Waals surface area contributed by atoms with E-state index in [9.17, 15) is 4.79 Å². The zero-order valence-electron chi connectivity index (χ0n) is 15.4. The number of carbonyl (C=O) groups excluding carboxylic acids is 1. The average molecular weight is 353 g/mol. The van der Waals surface area contributed by atoms with Crippen LogP contribution in [0.3, 0.4) is 0 Å². The van der Waals surface area contributed by atoms with Crippen LogP contribution in [0.2, 0.25) is 5.02 Å². The van der Waals surface area contributed by atoms with Crippen molar-refractivity contribution in [2.75, 3.05) is 20.2 Å². The van der Waals surface area contributed by atoms with E-state index in [1.165, 1.54) is 12.8 Å². The van der Waals surface area contributed by atoms with Gasteiger partial charge < -0.3 is 10.1 Å². The van der Waals surface area contributed by atoms with Crippen LogP contribution in [0.5, 0.6) is 5.75 Å². The molecule has 1 saturated carbocycles. The number of halogens is 1. The van der Waals surface area contributed by atoms with Crippen LogP contribution in [0, 0.1) is 6.92 Å². The highest BCUT2D eigenvalue weighted by molar-refractivity contribution is 6.31. The SMILES string of the molecule is Cc1cc(OCC(=O)NCC(C)N(C)C2CC2)c(C(C)C)cc1Cl. The third-order valence-corrected chi connectivity index (χ3v) is 5.09. The molecule has 0 aromatic heterocycles. The summed E-state index contributed by atoms with van der Waals surface area (Å²) in [5.74, 6) is 0.937. The van der Waals surface area contributed by atoms with Gasteiger partial charge in [-0.25, -0.2) is 0 Å². The lowest BCUT2D eigenvalue weighted by Crippen LogP contribution is -2.42. The summed E-state index contributed by atoms with van der Waals surface area (Å²) in [6.07, 6.45) is 2.54. The van der Waals surface area contributed by atoms with Gasteiger partial charge in [-0.1, -0.05) is 25.4 Å². The fraction of sp³-hybridized carbons (Fsp3) is 0.632. The Hall–Kier alpha value is -1.26. The summed E-state index contributed by atoms with van der Waals surface area (Å²) in [5, 5.41) is 3.69. The van der Waals surface area contributed by atoms with Gasteiger partial charge in [-0.2, -0.15) is 0 Å². The van der Waals surface area contributed by atoms with Crippen LogP contribution < -0.4 is 10.1 Å². The molecule has 0 aliphatic heterocycles. The lowest BCUT2D eigenvalue weighted by atomic mass is 10.0. The third-order valence-electron chi connectivity index (χ3n) is 4.68. The van der Waals surface area contributed by atoms with E-state index in [0.717, 1.165) is 21.9 Å². The van der Waals surface area contributed by atoms with Crippen molar-refractivity contribution in [3.8, 4) is 5.75 Å². The van der Waals surface area contributed by atoms with E-state index in [4.69, 9.17) is 16.3 Å². The quantitative estimate of drug-likeness (QED) is 0.774. The van der Waals surface area contributed by atoms with Gasteiger partial charge in [0, 0.05) is 23.7 Å². The number of nitrogens with one attached hydrogen (secondary N) is 1.